The van der Waals surface area contributed by atoms with E-state index in [2.05, 4.69) is 30.3 Å². The Bertz CT molecular complexity index is 2500. The van der Waals surface area contributed by atoms with Crippen LogP contribution in [0.1, 0.15) is 70.8 Å². The molecular weight excluding hydrogens is 766 g/mol. The number of benzene rings is 2. The van der Waals surface area contributed by atoms with Crippen molar-refractivity contribution < 1.29 is 28.4 Å². The smallest absolute Gasteiger partial charge is 0.234 e. The fourth-order valence-electron chi connectivity index (χ4n) is 9.11. The number of imidazole rings is 1. The fourth-order valence-corrected chi connectivity index (χ4v) is 9.11. The van der Waals surface area contributed by atoms with Gasteiger partial charge in [-0.3, -0.25) is 28.9 Å². The predicted octanol–water partition coefficient (Wildman–Crippen LogP) is 4.95. The zero-order valence-electron chi connectivity index (χ0n) is 33.2. The van der Waals surface area contributed by atoms with Crippen LogP contribution in [0, 0.1) is 17.7 Å². The minimum atomic E-state index is -1.04. The molecular formula is C45H46FN9O5. The number of carbonyl (C=O) groups excluding carboxylic acids is 5. The van der Waals surface area contributed by atoms with Gasteiger partial charge in [-0.15, -0.1) is 5.10 Å². The zero-order valence-corrected chi connectivity index (χ0v) is 33.2. The van der Waals surface area contributed by atoms with E-state index >= 15 is 0 Å². The van der Waals surface area contributed by atoms with E-state index in [1.165, 1.54) is 6.07 Å². The molecule has 9 rings (SSSR count). The first-order valence-electron chi connectivity index (χ1n) is 20.8. The Hall–Kier alpha value is -6.35. The minimum Gasteiger partial charge on any atom is -0.385 e. The van der Waals surface area contributed by atoms with Gasteiger partial charge in [0.25, 0.3) is 0 Å². The van der Waals surface area contributed by atoms with Crippen molar-refractivity contribution in [2.24, 2.45) is 11.8 Å². The highest BCUT2D eigenvalue weighted by Crippen LogP contribution is 2.38. The number of ketones is 4. The number of rotatable bonds is 12. The molecule has 2 aliphatic heterocycles. The summed E-state index contributed by atoms with van der Waals surface area (Å²) in [6.45, 7) is 4.98. The minimum absolute atomic E-state index is 0.0473. The van der Waals surface area contributed by atoms with E-state index in [4.69, 9.17) is 10.1 Å². The summed E-state index contributed by atoms with van der Waals surface area (Å²) < 4.78 is 15.9. The number of piperazine rings is 1. The van der Waals surface area contributed by atoms with Gasteiger partial charge in [-0.05, 0) is 85.8 Å². The second-order valence-corrected chi connectivity index (χ2v) is 16.1. The molecule has 0 spiro atoms. The van der Waals surface area contributed by atoms with Crippen molar-refractivity contribution in [3.05, 3.63) is 102 Å². The average Bonchev–Trinajstić information content (AvgIpc) is 3.98. The number of hydrogen-bond donors (Lipinski definition) is 2. The monoisotopic (exact) mass is 811 g/mol. The van der Waals surface area contributed by atoms with Crippen LogP contribution < -0.4 is 20.4 Å². The summed E-state index contributed by atoms with van der Waals surface area (Å²) in [5.41, 5.74) is 4.51. The molecule has 2 aliphatic carbocycles. The summed E-state index contributed by atoms with van der Waals surface area (Å²) in [5.74, 6) is -1.56. The van der Waals surface area contributed by atoms with Gasteiger partial charge in [-0.1, -0.05) is 18.2 Å². The number of nitrogens with one attached hydrogen (secondary N) is 2. The lowest BCUT2D eigenvalue weighted by molar-refractivity contribution is -0.133. The molecule has 15 heteroatoms. The highest BCUT2D eigenvalue weighted by molar-refractivity contribution is 6.28. The van der Waals surface area contributed by atoms with Gasteiger partial charge in [0.1, 0.15) is 34.7 Å². The van der Waals surface area contributed by atoms with Gasteiger partial charge >= 0.3 is 0 Å². The van der Waals surface area contributed by atoms with Crippen LogP contribution in [0.4, 0.5) is 21.7 Å². The quantitative estimate of drug-likeness (QED) is 0.129. The molecule has 4 aliphatic rings. The fraction of sp³-hybridized carbons (Fsp3) is 0.378. The van der Waals surface area contributed by atoms with Crippen LogP contribution in [-0.4, -0.2) is 106 Å². The third-order valence-corrected chi connectivity index (χ3v) is 12.2. The second kappa shape index (κ2) is 16.7. The maximum Gasteiger partial charge on any atom is 0.234 e. The average molecular weight is 812 g/mol. The number of carbonyl (C=O) groups is 5. The summed E-state index contributed by atoms with van der Waals surface area (Å²) in [5, 5.41) is 11.3. The van der Waals surface area contributed by atoms with Crippen molar-refractivity contribution in [2.45, 2.75) is 44.6 Å². The van der Waals surface area contributed by atoms with Crippen LogP contribution in [0.15, 0.2) is 79.0 Å². The van der Waals surface area contributed by atoms with Crippen LogP contribution >= 0.6 is 0 Å². The van der Waals surface area contributed by atoms with E-state index in [9.17, 15) is 28.4 Å². The standard InChI is InChI=1S/C45H46FN9O5/c46-29-6-1-5-28(23-29)36-8-3-18-54(36)41-15-14-39-49-26-37(55(39)51-41)35-7-2-9-40(50-35)53-21-19-52(20-22-53)27-42(58)48-17-4-16-47-30-10-12-32-34(24-30)45(60)43(44(32)59)33-13-11-31(56)25-38(33)57/h1-2,5-7,9-10,12,14-15,23-24,26,33,36,43,47H,3-4,8,11,13,16-22,25,27H2,(H,48,58)/t33?,36-,43?/m1/s1. The Balaban J connectivity index is 0.739. The summed E-state index contributed by atoms with van der Waals surface area (Å²) >= 11 is 0. The highest BCUT2D eigenvalue weighted by atomic mass is 19.1. The van der Waals surface area contributed by atoms with Gasteiger partial charge in [0, 0.05) is 75.0 Å². The molecule has 3 fully saturated rings. The van der Waals surface area contributed by atoms with Gasteiger partial charge in [0.2, 0.25) is 5.91 Å². The lowest BCUT2D eigenvalue weighted by Gasteiger charge is -2.35. The molecule has 3 aromatic heterocycles. The van der Waals surface area contributed by atoms with Crippen LogP contribution in [0.3, 0.4) is 0 Å². The van der Waals surface area contributed by atoms with E-state index in [-0.39, 0.29) is 60.2 Å². The number of nitrogens with zero attached hydrogens (tertiary/aromatic N) is 7. The number of pyridine rings is 1. The predicted molar refractivity (Wildman–Crippen MR) is 223 cm³/mol. The van der Waals surface area contributed by atoms with Crippen LogP contribution in [0.5, 0.6) is 0 Å². The summed E-state index contributed by atoms with van der Waals surface area (Å²) in [7, 11) is 0. The summed E-state index contributed by atoms with van der Waals surface area (Å²) in [6, 6.07) is 21.8. The Morgan fingerprint density at radius 2 is 1.67 bits per heavy atom. The number of aromatic nitrogens is 4. The topological polar surface area (TPSA) is 162 Å². The lowest BCUT2D eigenvalue weighted by atomic mass is 9.76. The summed E-state index contributed by atoms with van der Waals surface area (Å²) in [6.07, 6.45) is 4.60. The number of anilines is 3. The van der Waals surface area contributed by atoms with E-state index in [1.807, 2.05) is 40.9 Å². The number of Topliss-reactive ketones (excluding diaryl/α,β-unsaturated/α-hetero) is 4. The first-order valence-corrected chi connectivity index (χ1v) is 20.8. The van der Waals surface area contributed by atoms with Crippen LogP contribution in [0.25, 0.3) is 17.0 Å². The first kappa shape index (κ1) is 39.1. The molecule has 308 valence electrons. The molecule has 0 bridgehead atoms. The molecule has 1 saturated carbocycles. The van der Waals surface area contributed by atoms with E-state index in [0.29, 0.717) is 74.7 Å². The molecule has 0 radical (unpaired) electrons. The van der Waals surface area contributed by atoms with Crippen molar-refractivity contribution in [1.29, 1.82) is 0 Å². The summed E-state index contributed by atoms with van der Waals surface area (Å²) in [4.78, 5) is 79.5. The number of fused-ring (bicyclic) bond motifs is 2. The molecule has 5 aromatic rings. The molecule has 2 aromatic carbocycles. The Morgan fingerprint density at radius 1 is 0.833 bits per heavy atom. The van der Waals surface area contributed by atoms with Crippen molar-refractivity contribution in [3.63, 3.8) is 0 Å². The van der Waals surface area contributed by atoms with Gasteiger partial charge in [-0.2, -0.15) is 0 Å². The number of hydrogen-bond acceptors (Lipinski definition) is 12. The van der Waals surface area contributed by atoms with Crippen LogP contribution in [0.2, 0.25) is 0 Å². The molecule has 2 unspecified atom stereocenters. The third kappa shape index (κ3) is 7.88. The molecule has 60 heavy (non-hydrogen) atoms. The zero-order chi connectivity index (χ0) is 41.3. The second-order valence-electron chi connectivity index (χ2n) is 16.1. The number of halogens is 1. The lowest BCUT2D eigenvalue weighted by Crippen LogP contribution is -2.49. The maximum absolute atomic E-state index is 14.1. The van der Waals surface area contributed by atoms with Gasteiger partial charge < -0.3 is 20.4 Å². The molecule has 2 saturated heterocycles. The first-order chi connectivity index (χ1) is 29.2. The maximum atomic E-state index is 14.1. The molecule has 1 amide bonds. The normalized spacial score (nSPS) is 20.9. The Labute approximate surface area is 346 Å². The SMILES string of the molecule is O=C1CCC(C2C(=O)c3ccc(NCCCNC(=O)CN4CCN(c5cccc(-c6cnc7ccc(N8CCC[C@@H]8c8cccc(F)c8)nn67)n5)CC4)cc3C2=O)C(=O)C1. The van der Waals surface area contributed by atoms with Gasteiger partial charge in [0.15, 0.2) is 17.2 Å². The van der Waals surface area contributed by atoms with E-state index < -0.39 is 11.8 Å². The molecule has 5 heterocycles. The molecule has 14 nitrogen and oxygen atoms in total. The Kier molecular flexibility index (Phi) is 10.9. The highest BCUT2D eigenvalue weighted by Gasteiger charge is 2.47. The van der Waals surface area contributed by atoms with Crippen molar-refractivity contribution >= 4 is 52.0 Å². The van der Waals surface area contributed by atoms with E-state index in [0.717, 1.165) is 48.0 Å². The van der Waals surface area contributed by atoms with E-state index in [1.54, 1.807) is 36.5 Å². The number of amides is 1. The molecule has 3 atom stereocenters. The van der Waals surface area contributed by atoms with Crippen LogP contribution in [-0.2, 0) is 14.4 Å². The van der Waals surface area contributed by atoms with Gasteiger partial charge in [-0.25, -0.2) is 18.9 Å². The van der Waals surface area contributed by atoms with Crippen molar-refractivity contribution in [1.82, 2.24) is 29.8 Å². The molecule has 2 N–H and O–H groups in total. The largest absolute Gasteiger partial charge is 0.385 e. The third-order valence-electron chi connectivity index (χ3n) is 12.2. The van der Waals surface area contributed by atoms with Crippen molar-refractivity contribution in [2.75, 3.05) is 67.5 Å². The van der Waals surface area contributed by atoms with Crippen molar-refractivity contribution in [3.8, 4) is 11.4 Å². The Morgan fingerprint density at radius 3 is 2.50 bits per heavy atom. The van der Waals surface area contributed by atoms with Gasteiger partial charge in [0.05, 0.1) is 36.8 Å².